The SMILES string of the molecule is CC(C)CC(N)c1ccccc1C(=O)O. The lowest BCUT2D eigenvalue weighted by atomic mass is 9.94. The molecule has 3 N–H and O–H groups in total. The summed E-state index contributed by atoms with van der Waals surface area (Å²) in [6.07, 6.45) is 0.796. The van der Waals surface area contributed by atoms with Gasteiger partial charge in [-0.25, -0.2) is 4.79 Å². The minimum absolute atomic E-state index is 0.197. The number of hydrogen-bond acceptors (Lipinski definition) is 2. The molecule has 1 rings (SSSR count). The molecule has 0 aromatic heterocycles. The molecule has 82 valence electrons. The van der Waals surface area contributed by atoms with Gasteiger partial charge in [0, 0.05) is 6.04 Å². The van der Waals surface area contributed by atoms with Crippen LogP contribution in [-0.4, -0.2) is 11.1 Å². The Hall–Kier alpha value is -1.35. The molecule has 0 aliphatic heterocycles. The van der Waals surface area contributed by atoms with Crippen molar-refractivity contribution in [3.8, 4) is 0 Å². The summed E-state index contributed by atoms with van der Waals surface area (Å²) >= 11 is 0. The molecule has 0 aliphatic carbocycles. The molecule has 0 heterocycles. The highest BCUT2D eigenvalue weighted by atomic mass is 16.4. The lowest BCUT2D eigenvalue weighted by Crippen LogP contribution is -2.16. The molecule has 0 saturated heterocycles. The zero-order chi connectivity index (χ0) is 11.4. The van der Waals surface area contributed by atoms with Crippen LogP contribution in [0.3, 0.4) is 0 Å². The Labute approximate surface area is 89.9 Å². The van der Waals surface area contributed by atoms with Gasteiger partial charge in [0.05, 0.1) is 5.56 Å². The van der Waals surface area contributed by atoms with Crippen LogP contribution in [0.15, 0.2) is 24.3 Å². The van der Waals surface area contributed by atoms with Gasteiger partial charge in [0.15, 0.2) is 0 Å². The lowest BCUT2D eigenvalue weighted by molar-refractivity contribution is 0.0695. The van der Waals surface area contributed by atoms with Gasteiger partial charge in [-0.2, -0.15) is 0 Å². The first kappa shape index (κ1) is 11.7. The second kappa shape index (κ2) is 4.94. The van der Waals surface area contributed by atoms with E-state index in [-0.39, 0.29) is 6.04 Å². The lowest BCUT2D eigenvalue weighted by Gasteiger charge is -2.16. The highest BCUT2D eigenvalue weighted by Crippen LogP contribution is 2.22. The van der Waals surface area contributed by atoms with Crippen molar-refractivity contribution in [2.75, 3.05) is 0 Å². The van der Waals surface area contributed by atoms with E-state index in [1.807, 2.05) is 6.07 Å². The minimum atomic E-state index is -0.912. The van der Waals surface area contributed by atoms with Crippen LogP contribution in [0.5, 0.6) is 0 Å². The third-order valence-corrected chi connectivity index (χ3v) is 2.32. The largest absolute Gasteiger partial charge is 0.478 e. The van der Waals surface area contributed by atoms with Gasteiger partial charge in [-0.15, -0.1) is 0 Å². The van der Waals surface area contributed by atoms with Crippen molar-refractivity contribution < 1.29 is 9.90 Å². The van der Waals surface area contributed by atoms with Gasteiger partial charge in [-0.05, 0) is 24.0 Å². The van der Waals surface area contributed by atoms with Gasteiger partial charge >= 0.3 is 5.97 Å². The molecule has 0 bridgehead atoms. The molecule has 3 heteroatoms. The summed E-state index contributed by atoms with van der Waals surface area (Å²) in [4.78, 5) is 11.0. The van der Waals surface area contributed by atoms with Crippen molar-refractivity contribution in [2.45, 2.75) is 26.3 Å². The number of carboxylic acid groups (broad SMARTS) is 1. The average Bonchev–Trinajstić information content (AvgIpc) is 2.16. The van der Waals surface area contributed by atoms with Crippen LogP contribution in [0.2, 0.25) is 0 Å². The Morgan fingerprint density at radius 3 is 2.53 bits per heavy atom. The fourth-order valence-corrected chi connectivity index (χ4v) is 1.65. The number of nitrogens with two attached hydrogens (primary N) is 1. The summed E-state index contributed by atoms with van der Waals surface area (Å²) < 4.78 is 0. The molecule has 0 spiro atoms. The van der Waals surface area contributed by atoms with Crippen LogP contribution < -0.4 is 5.73 Å². The molecule has 1 aromatic carbocycles. The zero-order valence-electron chi connectivity index (χ0n) is 9.10. The minimum Gasteiger partial charge on any atom is -0.478 e. The summed E-state index contributed by atoms with van der Waals surface area (Å²) in [6, 6.07) is 6.73. The van der Waals surface area contributed by atoms with Crippen molar-refractivity contribution in [3.05, 3.63) is 35.4 Å². The zero-order valence-corrected chi connectivity index (χ0v) is 9.10. The Morgan fingerprint density at radius 1 is 1.40 bits per heavy atom. The molecule has 15 heavy (non-hydrogen) atoms. The van der Waals surface area contributed by atoms with Gasteiger partial charge in [-0.3, -0.25) is 0 Å². The molecule has 1 atom stereocenters. The van der Waals surface area contributed by atoms with Crippen LogP contribution in [0.4, 0.5) is 0 Å². The van der Waals surface area contributed by atoms with Crippen molar-refractivity contribution in [2.24, 2.45) is 11.7 Å². The van der Waals surface area contributed by atoms with Gasteiger partial charge in [0.2, 0.25) is 0 Å². The van der Waals surface area contributed by atoms with Crippen LogP contribution in [-0.2, 0) is 0 Å². The molecule has 0 saturated carbocycles. The molecular formula is C12H17NO2. The van der Waals surface area contributed by atoms with E-state index in [4.69, 9.17) is 10.8 Å². The summed E-state index contributed by atoms with van der Waals surface area (Å²) in [5.41, 5.74) is 7.00. The molecule has 3 nitrogen and oxygen atoms in total. The van der Waals surface area contributed by atoms with Crippen molar-refractivity contribution in [1.29, 1.82) is 0 Å². The number of carbonyl (C=O) groups is 1. The predicted octanol–water partition coefficient (Wildman–Crippen LogP) is 2.43. The third kappa shape index (κ3) is 3.06. The predicted molar refractivity (Wildman–Crippen MR) is 59.8 cm³/mol. The fourth-order valence-electron chi connectivity index (χ4n) is 1.65. The van der Waals surface area contributed by atoms with Crippen molar-refractivity contribution >= 4 is 5.97 Å². The molecular weight excluding hydrogens is 190 g/mol. The molecule has 0 fully saturated rings. The van der Waals surface area contributed by atoms with E-state index in [1.54, 1.807) is 18.2 Å². The smallest absolute Gasteiger partial charge is 0.336 e. The summed E-state index contributed by atoms with van der Waals surface area (Å²) in [5.74, 6) is -0.452. The highest BCUT2D eigenvalue weighted by Gasteiger charge is 2.15. The normalized spacial score (nSPS) is 12.8. The van der Waals surface area contributed by atoms with E-state index < -0.39 is 5.97 Å². The van der Waals surface area contributed by atoms with E-state index in [0.29, 0.717) is 11.5 Å². The van der Waals surface area contributed by atoms with Crippen LogP contribution >= 0.6 is 0 Å². The standard InChI is InChI=1S/C12H17NO2/c1-8(2)7-11(13)9-5-3-4-6-10(9)12(14)15/h3-6,8,11H,7,13H2,1-2H3,(H,14,15). The molecule has 1 unspecified atom stereocenters. The Kier molecular flexibility index (Phi) is 3.86. The van der Waals surface area contributed by atoms with Crippen LogP contribution in [0.1, 0.15) is 42.2 Å². The summed E-state index contributed by atoms with van der Waals surface area (Å²) in [5, 5.41) is 8.99. The van der Waals surface area contributed by atoms with E-state index in [2.05, 4.69) is 13.8 Å². The molecule has 0 aliphatic rings. The third-order valence-electron chi connectivity index (χ3n) is 2.32. The number of benzene rings is 1. The topological polar surface area (TPSA) is 63.3 Å². The fraction of sp³-hybridized carbons (Fsp3) is 0.417. The Balaban J connectivity index is 2.97. The maximum absolute atomic E-state index is 11.0. The highest BCUT2D eigenvalue weighted by molar-refractivity contribution is 5.89. The number of hydrogen-bond donors (Lipinski definition) is 2. The summed E-state index contributed by atoms with van der Waals surface area (Å²) in [6.45, 7) is 4.15. The van der Waals surface area contributed by atoms with Crippen LogP contribution in [0, 0.1) is 5.92 Å². The van der Waals surface area contributed by atoms with E-state index in [1.165, 1.54) is 0 Å². The molecule has 0 radical (unpaired) electrons. The quantitative estimate of drug-likeness (QED) is 0.797. The maximum atomic E-state index is 11.0. The number of rotatable bonds is 4. The van der Waals surface area contributed by atoms with Crippen molar-refractivity contribution in [3.63, 3.8) is 0 Å². The second-order valence-corrected chi connectivity index (χ2v) is 4.13. The molecule has 1 aromatic rings. The van der Waals surface area contributed by atoms with Gasteiger partial charge in [0.25, 0.3) is 0 Å². The monoisotopic (exact) mass is 207 g/mol. The maximum Gasteiger partial charge on any atom is 0.336 e. The van der Waals surface area contributed by atoms with Crippen LogP contribution in [0.25, 0.3) is 0 Å². The molecule has 0 amide bonds. The Morgan fingerprint density at radius 2 is 2.00 bits per heavy atom. The Bertz CT molecular complexity index is 347. The second-order valence-electron chi connectivity index (χ2n) is 4.13. The van der Waals surface area contributed by atoms with Crippen molar-refractivity contribution in [1.82, 2.24) is 0 Å². The number of carboxylic acids is 1. The first-order valence-corrected chi connectivity index (χ1v) is 5.10. The number of aromatic carboxylic acids is 1. The van der Waals surface area contributed by atoms with Gasteiger partial charge in [0.1, 0.15) is 0 Å². The summed E-state index contributed by atoms with van der Waals surface area (Å²) in [7, 11) is 0. The average molecular weight is 207 g/mol. The van der Waals surface area contributed by atoms with E-state index in [0.717, 1.165) is 12.0 Å². The van der Waals surface area contributed by atoms with E-state index >= 15 is 0 Å². The van der Waals surface area contributed by atoms with E-state index in [9.17, 15) is 4.79 Å². The van der Waals surface area contributed by atoms with Gasteiger partial charge < -0.3 is 10.8 Å². The first-order valence-electron chi connectivity index (χ1n) is 5.10. The van der Waals surface area contributed by atoms with Gasteiger partial charge in [-0.1, -0.05) is 32.0 Å². The first-order chi connectivity index (χ1) is 7.02.